The van der Waals surface area contributed by atoms with Crippen LogP contribution in [0.15, 0.2) is 51.9 Å². The first-order chi connectivity index (χ1) is 9.06. The average Bonchev–Trinajstić information content (AvgIpc) is 2.39. The van der Waals surface area contributed by atoms with E-state index < -0.39 is 4.92 Å². The molecule has 0 radical (unpaired) electrons. The predicted molar refractivity (Wildman–Crippen MR) is 79.5 cm³/mol. The van der Waals surface area contributed by atoms with Gasteiger partial charge in [0.2, 0.25) is 0 Å². The number of hydrogen-bond acceptors (Lipinski definition) is 3. The predicted octanol–water partition coefficient (Wildman–Crippen LogP) is 4.76. The number of nitro benzene ring substituents is 1. The van der Waals surface area contributed by atoms with Crippen molar-refractivity contribution in [3.05, 3.63) is 67.6 Å². The summed E-state index contributed by atoms with van der Waals surface area (Å²) in [6, 6.07) is 11.6. The van der Waals surface area contributed by atoms with Gasteiger partial charge < -0.3 is 0 Å². The van der Waals surface area contributed by atoms with E-state index in [-0.39, 0.29) is 5.69 Å². The summed E-state index contributed by atoms with van der Waals surface area (Å²) in [7, 11) is 0. The minimum Gasteiger partial charge on any atom is -0.258 e. The molecule has 2 rings (SSSR count). The third kappa shape index (κ3) is 3.62. The van der Waals surface area contributed by atoms with Gasteiger partial charge in [-0.1, -0.05) is 27.5 Å². The molecule has 0 saturated carbocycles. The van der Waals surface area contributed by atoms with Crippen LogP contribution in [0, 0.1) is 10.1 Å². The Kier molecular flexibility index (Phi) is 4.29. The summed E-state index contributed by atoms with van der Waals surface area (Å²) < 4.78 is 0.958. The van der Waals surface area contributed by atoms with E-state index in [9.17, 15) is 10.1 Å². The van der Waals surface area contributed by atoms with E-state index in [1.807, 2.05) is 24.3 Å². The molecule has 0 aliphatic rings. The second-order valence-electron chi connectivity index (χ2n) is 3.70. The van der Waals surface area contributed by atoms with Crippen molar-refractivity contribution in [2.75, 3.05) is 0 Å². The monoisotopic (exact) mass is 338 g/mol. The fourth-order valence-electron chi connectivity index (χ4n) is 1.41. The highest BCUT2D eigenvalue weighted by Gasteiger charge is 2.08. The molecule has 0 bridgehead atoms. The van der Waals surface area contributed by atoms with Crippen LogP contribution in [-0.4, -0.2) is 11.1 Å². The van der Waals surface area contributed by atoms with Crippen molar-refractivity contribution in [3.8, 4) is 0 Å². The first-order valence-corrected chi connectivity index (χ1v) is 6.47. The number of nitrogens with zero attached hydrogens (tertiary/aromatic N) is 2. The van der Waals surface area contributed by atoms with Gasteiger partial charge in [0.15, 0.2) is 0 Å². The minimum absolute atomic E-state index is 0.0124. The number of benzene rings is 2. The standard InChI is InChI=1S/C13H8BrClN2O2/c14-10-1-3-11(4-2-10)16-8-9-7-12(17(18)19)5-6-13(9)15/h1-8H. The third-order valence-electron chi connectivity index (χ3n) is 2.37. The lowest BCUT2D eigenvalue weighted by Gasteiger charge is -1.98. The van der Waals surface area contributed by atoms with Gasteiger partial charge >= 0.3 is 0 Å². The molecular formula is C13H8BrClN2O2. The molecule has 2 aromatic rings. The molecule has 0 aliphatic heterocycles. The van der Waals surface area contributed by atoms with Crippen LogP contribution >= 0.6 is 27.5 Å². The smallest absolute Gasteiger partial charge is 0.258 e. The van der Waals surface area contributed by atoms with Crippen LogP contribution in [0.25, 0.3) is 0 Å². The first kappa shape index (κ1) is 13.7. The number of halogens is 2. The maximum Gasteiger partial charge on any atom is 0.270 e. The van der Waals surface area contributed by atoms with Crippen molar-refractivity contribution in [3.63, 3.8) is 0 Å². The van der Waals surface area contributed by atoms with Gasteiger partial charge in [0.05, 0.1) is 10.6 Å². The molecule has 0 heterocycles. The number of rotatable bonds is 3. The molecular weight excluding hydrogens is 332 g/mol. The van der Waals surface area contributed by atoms with Gasteiger partial charge in [0.25, 0.3) is 5.69 Å². The molecule has 0 N–H and O–H groups in total. The highest BCUT2D eigenvalue weighted by Crippen LogP contribution is 2.22. The lowest BCUT2D eigenvalue weighted by atomic mass is 10.2. The van der Waals surface area contributed by atoms with Crippen molar-refractivity contribution in [2.24, 2.45) is 4.99 Å². The van der Waals surface area contributed by atoms with E-state index in [0.29, 0.717) is 10.6 Å². The summed E-state index contributed by atoms with van der Waals surface area (Å²) >= 11 is 9.30. The molecule has 0 fully saturated rings. The van der Waals surface area contributed by atoms with E-state index in [2.05, 4.69) is 20.9 Å². The third-order valence-corrected chi connectivity index (χ3v) is 3.24. The van der Waals surface area contributed by atoms with Crippen molar-refractivity contribution < 1.29 is 4.92 Å². The molecule has 0 unspecified atom stereocenters. The Hall–Kier alpha value is -1.72. The molecule has 0 aliphatic carbocycles. The Balaban J connectivity index is 2.29. The molecule has 0 aromatic heterocycles. The van der Waals surface area contributed by atoms with Crippen molar-refractivity contribution >= 4 is 45.1 Å². The molecule has 19 heavy (non-hydrogen) atoms. The average molecular weight is 340 g/mol. The Labute approximate surface area is 123 Å². The van der Waals surface area contributed by atoms with E-state index >= 15 is 0 Å². The highest BCUT2D eigenvalue weighted by molar-refractivity contribution is 9.10. The minimum atomic E-state index is -0.465. The Morgan fingerprint density at radius 1 is 1.21 bits per heavy atom. The SMILES string of the molecule is O=[N+]([O-])c1ccc(Cl)c(C=Nc2ccc(Br)cc2)c1. The summed E-state index contributed by atoms with van der Waals surface area (Å²) in [5.74, 6) is 0. The van der Waals surface area contributed by atoms with Crippen LogP contribution in [-0.2, 0) is 0 Å². The number of nitro groups is 1. The highest BCUT2D eigenvalue weighted by atomic mass is 79.9. The van der Waals surface area contributed by atoms with Crippen LogP contribution in [0.4, 0.5) is 11.4 Å². The Bertz CT molecular complexity index is 642. The Morgan fingerprint density at radius 3 is 2.53 bits per heavy atom. The fraction of sp³-hybridized carbons (Fsp3) is 0. The zero-order chi connectivity index (χ0) is 13.8. The normalized spacial score (nSPS) is 10.8. The molecule has 4 nitrogen and oxygen atoms in total. The van der Waals surface area contributed by atoms with Gasteiger partial charge in [-0.05, 0) is 30.3 Å². The van der Waals surface area contributed by atoms with Crippen LogP contribution in [0.5, 0.6) is 0 Å². The topological polar surface area (TPSA) is 55.5 Å². The number of aliphatic imine (C=N–C) groups is 1. The van der Waals surface area contributed by atoms with Crippen LogP contribution < -0.4 is 0 Å². The molecule has 0 saturated heterocycles. The summed E-state index contributed by atoms with van der Waals surface area (Å²) in [4.78, 5) is 14.4. The second-order valence-corrected chi connectivity index (χ2v) is 5.02. The Morgan fingerprint density at radius 2 is 1.89 bits per heavy atom. The molecule has 0 atom stereocenters. The van der Waals surface area contributed by atoms with Crippen molar-refractivity contribution in [2.45, 2.75) is 0 Å². The number of non-ortho nitro benzene ring substituents is 1. The summed E-state index contributed by atoms with van der Waals surface area (Å²) in [5, 5.41) is 11.1. The lowest BCUT2D eigenvalue weighted by molar-refractivity contribution is -0.384. The van der Waals surface area contributed by atoms with Crippen LogP contribution in [0.3, 0.4) is 0 Å². The van der Waals surface area contributed by atoms with E-state index in [1.165, 1.54) is 24.4 Å². The van der Waals surface area contributed by atoms with Crippen molar-refractivity contribution in [1.82, 2.24) is 0 Å². The maximum absolute atomic E-state index is 10.7. The zero-order valence-corrected chi connectivity index (χ0v) is 11.9. The van der Waals surface area contributed by atoms with E-state index in [0.717, 1.165) is 10.2 Å². The summed E-state index contributed by atoms with van der Waals surface area (Å²) in [5.41, 5.74) is 1.24. The number of hydrogen-bond donors (Lipinski definition) is 0. The van der Waals surface area contributed by atoms with Crippen LogP contribution in [0.1, 0.15) is 5.56 Å². The maximum atomic E-state index is 10.7. The molecule has 6 heteroatoms. The van der Waals surface area contributed by atoms with E-state index in [4.69, 9.17) is 11.6 Å². The van der Waals surface area contributed by atoms with Gasteiger partial charge in [-0.2, -0.15) is 0 Å². The first-order valence-electron chi connectivity index (χ1n) is 5.30. The second kappa shape index (κ2) is 5.95. The summed E-state index contributed by atoms with van der Waals surface area (Å²) in [6.45, 7) is 0. The van der Waals surface area contributed by atoms with Gasteiger partial charge in [0, 0.05) is 33.4 Å². The van der Waals surface area contributed by atoms with E-state index in [1.54, 1.807) is 0 Å². The fourth-order valence-corrected chi connectivity index (χ4v) is 1.85. The van der Waals surface area contributed by atoms with Gasteiger partial charge in [-0.3, -0.25) is 15.1 Å². The van der Waals surface area contributed by atoms with Gasteiger partial charge in [-0.25, -0.2) is 0 Å². The lowest BCUT2D eigenvalue weighted by Crippen LogP contribution is -1.90. The molecule has 0 spiro atoms. The zero-order valence-electron chi connectivity index (χ0n) is 9.59. The molecule has 2 aromatic carbocycles. The van der Waals surface area contributed by atoms with Crippen molar-refractivity contribution in [1.29, 1.82) is 0 Å². The molecule has 96 valence electrons. The molecule has 0 amide bonds. The van der Waals surface area contributed by atoms with Gasteiger partial charge in [0.1, 0.15) is 0 Å². The largest absolute Gasteiger partial charge is 0.270 e. The van der Waals surface area contributed by atoms with Gasteiger partial charge in [-0.15, -0.1) is 0 Å². The summed E-state index contributed by atoms with van der Waals surface area (Å²) in [6.07, 6.45) is 1.51. The van der Waals surface area contributed by atoms with Crippen LogP contribution in [0.2, 0.25) is 5.02 Å². The quantitative estimate of drug-likeness (QED) is 0.460.